The minimum atomic E-state index is -0.145. The molecule has 2 saturated heterocycles. The van der Waals surface area contributed by atoms with E-state index in [-0.39, 0.29) is 23.0 Å². The number of amides is 1. The zero-order valence-electron chi connectivity index (χ0n) is 13.8. The summed E-state index contributed by atoms with van der Waals surface area (Å²) in [6.45, 7) is 10.7. The number of aromatic nitrogens is 1. The smallest absolute Gasteiger partial charge is 0.254 e. The molecule has 0 aliphatic carbocycles. The van der Waals surface area contributed by atoms with Crippen molar-refractivity contribution in [1.29, 1.82) is 0 Å². The second-order valence-corrected chi connectivity index (χ2v) is 7.32. The molecule has 1 atom stereocenters. The summed E-state index contributed by atoms with van der Waals surface area (Å²) in [5.74, 6) is 0.540. The number of rotatable bonds is 3. The van der Waals surface area contributed by atoms with Crippen LogP contribution in [0.4, 0.5) is 0 Å². The molecule has 3 rings (SSSR count). The zero-order chi connectivity index (χ0) is 16.0. The van der Waals surface area contributed by atoms with Crippen LogP contribution in [0.2, 0.25) is 0 Å². The van der Waals surface area contributed by atoms with E-state index < -0.39 is 0 Å². The molecule has 2 aliphatic rings. The van der Waals surface area contributed by atoms with E-state index in [0.717, 1.165) is 19.6 Å². The van der Waals surface area contributed by atoms with Gasteiger partial charge in [-0.05, 0) is 19.9 Å². The van der Waals surface area contributed by atoms with Crippen LogP contribution in [0.15, 0.2) is 18.3 Å². The van der Waals surface area contributed by atoms with Gasteiger partial charge in [-0.1, -0.05) is 13.8 Å². The maximum absolute atomic E-state index is 12.7. The van der Waals surface area contributed by atoms with Crippen LogP contribution in [0.5, 0.6) is 5.88 Å². The van der Waals surface area contributed by atoms with Gasteiger partial charge in [0.1, 0.15) is 6.10 Å². The lowest BCUT2D eigenvalue weighted by Gasteiger charge is -2.61. The van der Waals surface area contributed by atoms with Crippen molar-refractivity contribution in [3.05, 3.63) is 23.9 Å². The van der Waals surface area contributed by atoms with Crippen LogP contribution in [0.1, 0.15) is 44.5 Å². The largest absolute Gasteiger partial charge is 0.472 e. The summed E-state index contributed by atoms with van der Waals surface area (Å²) in [6.07, 6.45) is 2.54. The maximum Gasteiger partial charge on any atom is 0.254 e. The molecule has 3 heterocycles. The standard InChI is InChI=1S/C17H24N2O3/c1-16(2)11-19(17(16,3)4)15(20)12-5-7-18-14(9-12)22-13-6-8-21-10-13/h5,7,9,13H,6,8,10-11H2,1-4H3. The van der Waals surface area contributed by atoms with Gasteiger partial charge < -0.3 is 14.4 Å². The third-order valence-electron chi connectivity index (χ3n) is 5.29. The summed E-state index contributed by atoms with van der Waals surface area (Å²) in [7, 11) is 0. The summed E-state index contributed by atoms with van der Waals surface area (Å²) < 4.78 is 11.1. The van der Waals surface area contributed by atoms with Crippen LogP contribution >= 0.6 is 0 Å². The van der Waals surface area contributed by atoms with Crippen LogP contribution in [0.25, 0.3) is 0 Å². The second-order valence-electron chi connectivity index (χ2n) is 7.32. The summed E-state index contributed by atoms with van der Waals surface area (Å²) in [6, 6.07) is 3.49. The first-order valence-electron chi connectivity index (χ1n) is 7.84. The first-order valence-corrected chi connectivity index (χ1v) is 7.84. The summed E-state index contributed by atoms with van der Waals surface area (Å²) in [5.41, 5.74) is 0.622. The van der Waals surface area contributed by atoms with Gasteiger partial charge >= 0.3 is 0 Å². The molecule has 5 heteroatoms. The average molecular weight is 304 g/mol. The van der Waals surface area contributed by atoms with E-state index in [0.29, 0.717) is 18.1 Å². The van der Waals surface area contributed by atoms with Crippen LogP contribution in [0.3, 0.4) is 0 Å². The lowest BCUT2D eigenvalue weighted by Crippen LogP contribution is -2.70. The molecule has 1 aromatic rings. The number of nitrogens with zero attached hydrogens (tertiary/aromatic N) is 2. The Morgan fingerprint density at radius 1 is 1.41 bits per heavy atom. The third-order valence-corrected chi connectivity index (χ3v) is 5.29. The van der Waals surface area contributed by atoms with Crippen LogP contribution in [-0.4, -0.2) is 47.2 Å². The number of carbonyl (C=O) groups excluding carboxylic acids is 1. The van der Waals surface area contributed by atoms with Crippen molar-refractivity contribution < 1.29 is 14.3 Å². The normalized spacial score (nSPS) is 25.6. The number of pyridine rings is 1. The molecule has 1 amide bonds. The first kappa shape index (κ1) is 15.3. The van der Waals surface area contributed by atoms with Gasteiger partial charge in [0.2, 0.25) is 5.88 Å². The summed E-state index contributed by atoms with van der Waals surface area (Å²) in [4.78, 5) is 18.9. The Bertz CT molecular complexity index is 577. The van der Waals surface area contributed by atoms with E-state index in [1.54, 1.807) is 18.3 Å². The highest BCUT2D eigenvalue weighted by molar-refractivity contribution is 5.95. The second kappa shape index (κ2) is 5.23. The van der Waals surface area contributed by atoms with Crippen LogP contribution < -0.4 is 4.74 Å². The fraction of sp³-hybridized carbons (Fsp3) is 0.647. The molecule has 5 nitrogen and oxygen atoms in total. The molecule has 0 N–H and O–H groups in total. The highest BCUT2D eigenvalue weighted by atomic mass is 16.5. The van der Waals surface area contributed by atoms with E-state index in [9.17, 15) is 4.79 Å². The van der Waals surface area contributed by atoms with Crippen molar-refractivity contribution in [2.45, 2.75) is 45.8 Å². The zero-order valence-corrected chi connectivity index (χ0v) is 13.8. The Morgan fingerprint density at radius 3 is 2.77 bits per heavy atom. The minimum absolute atomic E-state index is 0.0391. The molecule has 1 aromatic heterocycles. The SMILES string of the molecule is CC1(C)CN(C(=O)c2ccnc(OC3CCOC3)c2)C1(C)C. The molecule has 0 spiro atoms. The lowest BCUT2D eigenvalue weighted by molar-refractivity contribution is -0.0881. The Kier molecular flexibility index (Phi) is 3.63. The molecule has 0 aromatic carbocycles. The van der Waals surface area contributed by atoms with Crippen molar-refractivity contribution in [2.24, 2.45) is 5.41 Å². The van der Waals surface area contributed by atoms with Gasteiger partial charge in [0.05, 0.1) is 13.2 Å². The van der Waals surface area contributed by atoms with Crippen molar-refractivity contribution in [2.75, 3.05) is 19.8 Å². The van der Waals surface area contributed by atoms with E-state index in [1.165, 1.54) is 0 Å². The van der Waals surface area contributed by atoms with Gasteiger partial charge in [0.15, 0.2) is 0 Å². The predicted octanol–water partition coefficient (Wildman–Crippen LogP) is 2.51. The molecule has 22 heavy (non-hydrogen) atoms. The quantitative estimate of drug-likeness (QED) is 0.861. The average Bonchev–Trinajstić information content (AvgIpc) is 2.97. The number of carbonyl (C=O) groups is 1. The number of hydrogen-bond acceptors (Lipinski definition) is 4. The Balaban J connectivity index is 1.73. The van der Waals surface area contributed by atoms with Crippen molar-refractivity contribution in [1.82, 2.24) is 9.88 Å². The van der Waals surface area contributed by atoms with E-state index >= 15 is 0 Å². The van der Waals surface area contributed by atoms with Gasteiger partial charge in [-0.2, -0.15) is 0 Å². The maximum atomic E-state index is 12.7. The highest BCUT2D eigenvalue weighted by Gasteiger charge is 2.54. The predicted molar refractivity (Wildman–Crippen MR) is 83.0 cm³/mol. The summed E-state index contributed by atoms with van der Waals surface area (Å²) >= 11 is 0. The summed E-state index contributed by atoms with van der Waals surface area (Å²) in [5, 5.41) is 0. The van der Waals surface area contributed by atoms with E-state index in [2.05, 4.69) is 32.7 Å². The molecule has 0 radical (unpaired) electrons. The monoisotopic (exact) mass is 304 g/mol. The number of hydrogen-bond donors (Lipinski definition) is 0. The van der Waals surface area contributed by atoms with Crippen molar-refractivity contribution >= 4 is 5.91 Å². The first-order chi connectivity index (χ1) is 10.3. The van der Waals surface area contributed by atoms with Crippen LogP contribution in [-0.2, 0) is 4.74 Å². The highest BCUT2D eigenvalue weighted by Crippen LogP contribution is 2.46. The fourth-order valence-corrected chi connectivity index (χ4v) is 2.93. The van der Waals surface area contributed by atoms with Gasteiger partial charge in [0.25, 0.3) is 5.91 Å². The Morgan fingerprint density at radius 2 is 2.18 bits per heavy atom. The van der Waals surface area contributed by atoms with Crippen molar-refractivity contribution in [3.63, 3.8) is 0 Å². The molecular formula is C17H24N2O3. The Hall–Kier alpha value is -1.62. The minimum Gasteiger partial charge on any atom is -0.472 e. The number of ether oxygens (including phenoxy) is 2. The molecule has 2 aliphatic heterocycles. The van der Waals surface area contributed by atoms with Gasteiger partial charge in [0, 0.05) is 41.7 Å². The van der Waals surface area contributed by atoms with Crippen LogP contribution in [0, 0.1) is 5.41 Å². The number of likely N-dealkylation sites (tertiary alicyclic amines) is 1. The molecule has 0 saturated carbocycles. The Labute approximate surface area is 131 Å². The lowest BCUT2D eigenvalue weighted by atomic mass is 9.65. The third kappa shape index (κ3) is 2.47. The van der Waals surface area contributed by atoms with E-state index in [4.69, 9.17) is 9.47 Å². The van der Waals surface area contributed by atoms with Gasteiger partial charge in [-0.3, -0.25) is 4.79 Å². The topological polar surface area (TPSA) is 51.7 Å². The molecule has 120 valence electrons. The molecule has 2 fully saturated rings. The molecule has 1 unspecified atom stereocenters. The molecular weight excluding hydrogens is 280 g/mol. The van der Waals surface area contributed by atoms with E-state index in [1.807, 2.05) is 4.90 Å². The van der Waals surface area contributed by atoms with Gasteiger partial charge in [-0.15, -0.1) is 0 Å². The van der Waals surface area contributed by atoms with Gasteiger partial charge in [-0.25, -0.2) is 4.98 Å². The fourth-order valence-electron chi connectivity index (χ4n) is 2.93. The van der Waals surface area contributed by atoms with Crippen molar-refractivity contribution in [3.8, 4) is 5.88 Å². The molecule has 0 bridgehead atoms.